The monoisotopic (exact) mass is 244 g/mol. The fourth-order valence-corrected chi connectivity index (χ4v) is 2.18. The number of aromatic nitrogens is 2. The highest BCUT2D eigenvalue weighted by atomic mass is 16.3. The Kier molecular flexibility index (Phi) is 3.53. The van der Waals surface area contributed by atoms with Gasteiger partial charge in [0.2, 0.25) is 0 Å². The predicted octanol–water partition coefficient (Wildman–Crippen LogP) is 2.72. The van der Waals surface area contributed by atoms with Crippen molar-refractivity contribution in [3.8, 4) is 0 Å². The molecule has 0 aliphatic rings. The number of hydrogen-bond donors (Lipinski definition) is 1. The van der Waals surface area contributed by atoms with Crippen molar-refractivity contribution in [2.45, 2.75) is 39.3 Å². The molecule has 0 radical (unpaired) electrons. The summed E-state index contributed by atoms with van der Waals surface area (Å²) in [5.74, 6) is 0.689. The zero-order valence-electron chi connectivity index (χ0n) is 11.2. The molecule has 0 aliphatic carbocycles. The van der Waals surface area contributed by atoms with Crippen molar-refractivity contribution in [1.82, 2.24) is 9.55 Å². The van der Waals surface area contributed by atoms with E-state index in [1.165, 1.54) is 5.56 Å². The lowest BCUT2D eigenvalue weighted by Gasteiger charge is -2.24. The fraction of sp³-hybridized carbons (Fsp3) is 0.400. The van der Waals surface area contributed by atoms with E-state index in [0.717, 1.165) is 18.5 Å². The average molecular weight is 244 g/mol. The number of hydrogen-bond acceptors (Lipinski definition) is 2. The van der Waals surface area contributed by atoms with E-state index in [9.17, 15) is 5.11 Å². The molecule has 1 aromatic carbocycles. The highest BCUT2D eigenvalue weighted by Crippen LogP contribution is 2.28. The van der Waals surface area contributed by atoms with Gasteiger partial charge in [-0.3, -0.25) is 0 Å². The normalized spacial score (nSPS) is 14.4. The molecule has 1 heterocycles. The van der Waals surface area contributed by atoms with Gasteiger partial charge in [0.15, 0.2) is 0 Å². The first-order valence-electron chi connectivity index (χ1n) is 6.43. The van der Waals surface area contributed by atoms with Crippen molar-refractivity contribution in [3.05, 3.63) is 53.6 Å². The number of benzene rings is 1. The molecule has 1 unspecified atom stereocenters. The molecule has 0 saturated heterocycles. The second kappa shape index (κ2) is 4.94. The van der Waals surface area contributed by atoms with Gasteiger partial charge in [0, 0.05) is 18.9 Å². The Bertz CT molecular complexity index is 512. The van der Waals surface area contributed by atoms with Crippen molar-refractivity contribution in [3.63, 3.8) is 0 Å². The van der Waals surface area contributed by atoms with E-state index in [2.05, 4.69) is 24.0 Å². The number of nitrogens with zero attached hydrogens (tertiary/aromatic N) is 2. The molecule has 0 aliphatic heterocycles. The lowest BCUT2D eigenvalue weighted by atomic mass is 9.94. The van der Waals surface area contributed by atoms with E-state index in [-0.39, 0.29) is 0 Å². The summed E-state index contributed by atoms with van der Waals surface area (Å²) in [4.78, 5) is 4.29. The molecule has 1 atom stereocenters. The minimum atomic E-state index is -1.05. The van der Waals surface area contributed by atoms with Crippen molar-refractivity contribution >= 4 is 0 Å². The van der Waals surface area contributed by atoms with Crippen molar-refractivity contribution in [2.75, 3.05) is 0 Å². The van der Waals surface area contributed by atoms with E-state index in [4.69, 9.17) is 0 Å². The zero-order chi connectivity index (χ0) is 13.2. The quantitative estimate of drug-likeness (QED) is 0.898. The molecular weight excluding hydrogens is 224 g/mol. The molecule has 96 valence electrons. The molecule has 0 amide bonds. The Morgan fingerprint density at radius 3 is 2.44 bits per heavy atom. The van der Waals surface area contributed by atoms with Crippen molar-refractivity contribution in [2.24, 2.45) is 0 Å². The Morgan fingerprint density at radius 1 is 1.22 bits per heavy atom. The number of imidazole rings is 1. The Hall–Kier alpha value is -1.61. The second-order valence-electron chi connectivity index (χ2n) is 4.66. The van der Waals surface area contributed by atoms with E-state index in [1.807, 2.05) is 29.8 Å². The molecule has 0 bridgehead atoms. The van der Waals surface area contributed by atoms with Crippen LogP contribution in [0.5, 0.6) is 0 Å². The molecule has 0 fully saturated rings. The van der Waals surface area contributed by atoms with Crippen LogP contribution in [-0.2, 0) is 18.6 Å². The minimum absolute atomic E-state index is 0.689. The molecule has 0 spiro atoms. The first-order valence-corrected chi connectivity index (χ1v) is 6.43. The van der Waals surface area contributed by atoms with Gasteiger partial charge in [0.05, 0.1) is 0 Å². The number of aliphatic hydroxyl groups is 1. The standard InChI is InChI=1S/C15H20N2O/c1-4-12-6-8-13(9-7-12)15(3,18)14-16-10-11-17(14)5-2/h6-11,18H,4-5H2,1-3H3. The van der Waals surface area contributed by atoms with E-state index in [1.54, 1.807) is 13.1 Å². The lowest BCUT2D eigenvalue weighted by Crippen LogP contribution is -2.27. The van der Waals surface area contributed by atoms with Crippen molar-refractivity contribution in [1.29, 1.82) is 0 Å². The summed E-state index contributed by atoms with van der Waals surface area (Å²) in [7, 11) is 0. The third kappa shape index (κ3) is 2.18. The average Bonchev–Trinajstić information content (AvgIpc) is 2.88. The van der Waals surface area contributed by atoms with E-state index in [0.29, 0.717) is 5.82 Å². The summed E-state index contributed by atoms with van der Waals surface area (Å²) >= 11 is 0. The van der Waals surface area contributed by atoms with Gasteiger partial charge in [-0.05, 0) is 31.4 Å². The first-order chi connectivity index (χ1) is 8.59. The maximum absolute atomic E-state index is 10.7. The predicted molar refractivity (Wildman–Crippen MR) is 72.4 cm³/mol. The van der Waals surface area contributed by atoms with Gasteiger partial charge < -0.3 is 9.67 Å². The molecule has 1 aromatic heterocycles. The largest absolute Gasteiger partial charge is 0.377 e. The van der Waals surface area contributed by atoms with Crippen LogP contribution in [0.2, 0.25) is 0 Å². The first kappa shape index (κ1) is 12.8. The lowest BCUT2D eigenvalue weighted by molar-refractivity contribution is 0.0882. The molecule has 0 saturated carbocycles. The second-order valence-corrected chi connectivity index (χ2v) is 4.66. The van der Waals surface area contributed by atoms with Crippen LogP contribution in [0.15, 0.2) is 36.7 Å². The van der Waals surface area contributed by atoms with Gasteiger partial charge in [-0.1, -0.05) is 31.2 Å². The zero-order valence-corrected chi connectivity index (χ0v) is 11.2. The Morgan fingerprint density at radius 2 is 1.89 bits per heavy atom. The van der Waals surface area contributed by atoms with Gasteiger partial charge in [0.1, 0.15) is 11.4 Å². The number of aryl methyl sites for hydroxylation is 2. The molecule has 2 aromatic rings. The van der Waals surface area contributed by atoms with Crippen LogP contribution in [0.3, 0.4) is 0 Å². The van der Waals surface area contributed by atoms with E-state index < -0.39 is 5.60 Å². The third-order valence-electron chi connectivity index (χ3n) is 3.42. The summed E-state index contributed by atoms with van der Waals surface area (Å²) in [6.45, 7) is 6.76. The van der Waals surface area contributed by atoms with Crippen LogP contribution in [0, 0.1) is 0 Å². The maximum Gasteiger partial charge on any atom is 0.145 e. The molecule has 3 nitrogen and oxygen atoms in total. The summed E-state index contributed by atoms with van der Waals surface area (Å²) in [5.41, 5.74) is 1.10. The van der Waals surface area contributed by atoms with Crippen molar-refractivity contribution < 1.29 is 5.11 Å². The summed E-state index contributed by atoms with van der Waals surface area (Å²) < 4.78 is 1.97. The summed E-state index contributed by atoms with van der Waals surface area (Å²) in [6, 6.07) is 8.08. The van der Waals surface area contributed by atoms with Crippen LogP contribution in [0.25, 0.3) is 0 Å². The van der Waals surface area contributed by atoms with Crippen LogP contribution in [0.4, 0.5) is 0 Å². The number of rotatable bonds is 4. The molecular formula is C15H20N2O. The Labute approximate surface area is 108 Å². The topological polar surface area (TPSA) is 38.1 Å². The summed E-state index contributed by atoms with van der Waals surface area (Å²) in [6.07, 6.45) is 4.63. The van der Waals surface area contributed by atoms with Gasteiger partial charge >= 0.3 is 0 Å². The van der Waals surface area contributed by atoms with Gasteiger partial charge in [-0.2, -0.15) is 0 Å². The van der Waals surface area contributed by atoms with Crippen LogP contribution in [0.1, 0.15) is 37.7 Å². The minimum Gasteiger partial charge on any atom is -0.377 e. The summed E-state index contributed by atoms with van der Waals surface area (Å²) in [5, 5.41) is 10.7. The van der Waals surface area contributed by atoms with E-state index >= 15 is 0 Å². The SMILES string of the molecule is CCc1ccc(C(C)(O)c2nccn2CC)cc1. The van der Waals surface area contributed by atoms with Crippen LogP contribution in [-0.4, -0.2) is 14.7 Å². The fourth-order valence-electron chi connectivity index (χ4n) is 2.18. The van der Waals surface area contributed by atoms with Crippen LogP contribution < -0.4 is 0 Å². The highest BCUT2D eigenvalue weighted by molar-refractivity contribution is 5.31. The molecule has 18 heavy (non-hydrogen) atoms. The smallest absolute Gasteiger partial charge is 0.145 e. The van der Waals surface area contributed by atoms with Gasteiger partial charge in [0.25, 0.3) is 0 Å². The van der Waals surface area contributed by atoms with Gasteiger partial charge in [-0.25, -0.2) is 4.98 Å². The highest BCUT2D eigenvalue weighted by Gasteiger charge is 2.29. The molecule has 1 N–H and O–H groups in total. The molecule has 3 heteroatoms. The maximum atomic E-state index is 10.7. The van der Waals surface area contributed by atoms with Gasteiger partial charge in [-0.15, -0.1) is 0 Å². The third-order valence-corrected chi connectivity index (χ3v) is 3.42. The van der Waals surface area contributed by atoms with Crippen LogP contribution >= 0.6 is 0 Å². The molecule has 2 rings (SSSR count). The Balaban J connectivity index is 2.40.